The highest BCUT2D eigenvalue weighted by molar-refractivity contribution is 5.77. The Balaban J connectivity index is 1.67. The van der Waals surface area contributed by atoms with Gasteiger partial charge in [0, 0.05) is 43.9 Å². The highest BCUT2D eigenvalue weighted by Gasteiger charge is 2.30. The lowest BCUT2D eigenvalue weighted by molar-refractivity contribution is -0.122. The third-order valence-corrected chi connectivity index (χ3v) is 5.93. The second-order valence-electron chi connectivity index (χ2n) is 7.93. The van der Waals surface area contributed by atoms with Crippen molar-refractivity contribution in [2.75, 3.05) is 37.6 Å². The van der Waals surface area contributed by atoms with E-state index >= 15 is 0 Å². The number of hydrogen-bond acceptors (Lipinski definition) is 3. The van der Waals surface area contributed by atoms with Crippen LogP contribution in [0, 0.1) is 17.7 Å². The largest absolute Gasteiger partial charge is 0.369 e. The first-order valence-corrected chi connectivity index (χ1v) is 10.0. The molecule has 144 valence electrons. The van der Waals surface area contributed by atoms with Gasteiger partial charge in [-0.1, -0.05) is 13.8 Å². The smallest absolute Gasteiger partial charge is 0.220 e. The summed E-state index contributed by atoms with van der Waals surface area (Å²) >= 11 is 0. The molecule has 1 heterocycles. The summed E-state index contributed by atoms with van der Waals surface area (Å²) in [6.07, 6.45) is 3.07. The van der Waals surface area contributed by atoms with Gasteiger partial charge >= 0.3 is 0 Å². The molecule has 2 unspecified atom stereocenters. The predicted octanol–water partition coefficient (Wildman–Crippen LogP) is 3.58. The quantitative estimate of drug-likeness (QED) is 0.806. The molecule has 1 aromatic carbocycles. The number of halogens is 1. The molecule has 2 atom stereocenters. The van der Waals surface area contributed by atoms with Crippen LogP contribution in [-0.2, 0) is 4.79 Å². The van der Waals surface area contributed by atoms with Crippen molar-refractivity contribution in [3.05, 3.63) is 29.6 Å². The summed E-state index contributed by atoms with van der Waals surface area (Å²) < 4.78 is 13.9. The van der Waals surface area contributed by atoms with Crippen LogP contribution in [0.15, 0.2) is 18.2 Å². The van der Waals surface area contributed by atoms with Crippen LogP contribution in [0.5, 0.6) is 0 Å². The van der Waals surface area contributed by atoms with E-state index in [1.165, 1.54) is 18.9 Å². The van der Waals surface area contributed by atoms with Gasteiger partial charge in [-0.25, -0.2) is 4.39 Å². The maximum absolute atomic E-state index is 13.9. The molecule has 1 aliphatic heterocycles. The van der Waals surface area contributed by atoms with Gasteiger partial charge in [0.15, 0.2) is 0 Å². The predicted molar refractivity (Wildman–Crippen MR) is 104 cm³/mol. The number of likely N-dealkylation sites (N-methyl/N-ethyl adjacent to an activating group) is 1. The molecule has 0 bridgehead atoms. The zero-order chi connectivity index (χ0) is 18.7. The maximum atomic E-state index is 13.9. The Hall–Kier alpha value is -1.62. The molecule has 0 radical (unpaired) electrons. The van der Waals surface area contributed by atoms with Crippen LogP contribution in [0.25, 0.3) is 0 Å². The topological polar surface area (TPSA) is 35.6 Å². The molecule has 5 heteroatoms. The molecular formula is C21H32FN3O. The number of carbonyl (C=O) groups excluding carboxylic acids is 1. The SMILES string of the molecule is CCN1CCN(c2ccc(F)cc2C(C)NC(=O)CC(C)C2CC2)CC1. The number of carbonyl (C=O) groups is 1. The van der Waals surface area contributed by atoms with Crippen molar-refractivity contribution in [3.8, 4) is 0 Å². The third kappa shape index (κ3) is 4.76. The lowest BCUT2D eigenvalue weighted by Crippen LogP contribution is -2.46. The average Bonchev–Trinajstić information content (AvgIpc) is 3.47. The maximum Gasteiger partial charge on any atom is 0.220 e. The lowest BCUT2D eigenvalue weighted by atomic mass is 10.0. The van der Waals surface area contributed by atoms with Crippen molar-refractivity contribution in [1.29, 1.82) is 0 Å². The van der Waals surface area contributed by atoms with Crippen LogP contribution in [-0.4, -0.2) is 43.5 Å². The number of nitrogens with zero attached hydrogens (tertiary/aromatic N) is 2. The Labute approximate surface area is 156 Å². The Morgan fingerprint density at radius 1 is 1.23 bits per heavy atom. The van der Waals surface area contributed by atoms with E-state index in [1.54, 1.807) is 6.07 Å². The standard InChI is InChI=1S/C21H32FN3O/c1-4-24-9-11-25(12-10-24)20-8-7-18(22)14-19(20)16(3)23-21(26)13-15(2)17-5-6-17/h7-8,14-17H,4-6,9-13H2,1-3H3,(H,23,26). The summed E-state index contributed by atoms with van der Waals surface area (Å²) in [7, 11) is 0. The monoisotopic (exact) mass is 361 g/mol. The zero-order valence-electron chi connectivity index (χ0n) is 16.3. The summed E-state index contributed by atoms with van der Waals surface area (Å²) in [6, 6.07) is 4.77. The first-order valence-electron chi connectivity index (χ1n) is 10.0. The molecule has 1 N–H and O–H groups in total. The summed E-state index contributed by atoms with van der Waals surface area (Å²) in [5.41, 5.74) is 1.92. The van der Waals surface area contributed by atoms with Gasteiger partial charge in [-0.15, -0.1) is 0 Å². The molecule has 1 saturated heterocycles. The number of anilines is 1. The molecule has 0 spiro atoms. The Morgan fingerprint density at radius 3 is 2.54 bits per heavy atom. The Kier molecular flexibility index (Phi) is 6.17. The van der Waals surface area contributed by atoms with Crippen LogP contribution in [0.4, 0.5) is 10.1 Å². The van der Waals surface area contributed by atoms with Crippen molar-refractivity contribution in [1.82, 2.24) is 10.2 Å². The van der Waals surface area contributed by atoms with Crippen molar-refractivity contribution in [3.63, 3.8) is 0 Å². The van der Waals surface area contributed by atoms with Gasteiger partial charge < -0.3 is 15.1 Å². The van der Waals surface area contributed by atoms with Crippen LogP contribution >= 0.6 is 0 Å². The highest BCUT2D eigenvalue weighted by atomic mass is 19.1. The molecule has 26 heavy (non-hydrogen) atoms. The van der Waals surface area contributed by atoms with E-state index in [9.17, 15) is 9.18 Å². The van der Waals surface area contributed by atoms with Gasteiger partial charge in [-0.3, -0.25) is 4.79 Å². The van der Waals surface area contributed by atoms with Crippen LogP contribution in [0.2, 0.25) is 0 Å². The van der Waals surface area contributed by atoms with Crippen LogP contribution in [0.3, 0.4) is 0 Å². The van der Waals surface area contributed by atoms with Gasteiger partial charge in [-0.05, 0) is 56.3 Å². The van der Waals surface area contributed by atoms with E-state index in [1.807, 2.05) is 13.0 Å². The second-order valence-corrected chi connectivity index (χ2v) is 7.93. The minimum atomic E-state index is -0.247. The molecule has 0 aromatic heterocycles. The van der Waals surface area contributed by atoms with E-state index in [-0.39, 0.29) is 17.8 Å². The summed E-state index contributed by atoms with van der Waals surface area (Å²) in [5, 5.41) is 3.09. The zero-order valence-corrected chi connectivity index (χ0v) is 16.3. The molecule has 1 aliphatic carbocycles. The Morgan fingerprint density at radius 2 is 1.92 bits per heavy atom. The number of amides is 1. The third-order valence-electron chi connectivity index (χ3n) is 5.93. The van der Waals surface area contributed by atoms with Gasteiger partial charge in [-0.2, -0.15) is 0 Å². The fourth-order valence-electron chi connectivity index (χ4n) is 3.97. The van der Waals surface area contributed by atoms with Gasteiger partial charge in [0.2, 0.25) is 5.91 Å². The van der Waals surface area contributed by atoms with Crippen molar-refractivity contribution in [2.45, 2.75) is 46.1 Å². The number of hydrogen-bond donors (Lipinski definition) is 1. The van der Waals surface area contributed by atoms with E-state index in [0.717, 1.165) is 49.9 Å². The molecule has 1 saturated carbocycles. The second kappa shape index (κ2) is 8.38. The van der Waals surface area contributed by atoms with E-state index in [0.29, 0.717) is 12.3 Å². The summed E-state index contributed by atoms with van der Waals surface area (Å²) in [6.45, 7) is 11.3. The molecule has 2 fully saturated rings. The minimum absolute atomic E-state index is 0.0721. The van der Waals surface area contributed by atoms with Crippen molar-refractivity contribution in [2.24, 2.45) is 11.8 Å². The molecule has 1 aromatic rings. The molecule has 2 aliphatic rings. The van der Waals surface area contributed by atoms with Crippen molar-refractivity contribution < 1.29 is 9.18 Å². The van der Waals surface area contributed by atoms with Crippen LogP contribution in [0.1, 0.15) is 51.6 Å². The number of benzene rings is 1. The Bertz CT molecular complexity index is 624. The normalized spacial score (nSPS) is 20.7. The van der Waals surface area contributed by atoms with E-state index < -0.39 is 0 Å². The van der Waals surface area contributed by atoms with Gasteiger partial charge in [0.1, 0.15) is 5.82 Å². The van der Waals surface area contributed by atoms with E-state index in [2.05, 4.69) is 29.0 Å². The van der Waals surface area contributed by atoms with Gasteiger partial charge in [0.25, 0.3) is 0 Å². The molecule has 3 rings (SSSR count). The minimum Gasteiger partial charge on any atom is -0.369 e. The average molecular weight is 362 g/mol. The summed E-state index contributed by atoms with van der Waals surface area (Å²) in [5.74, 6) is 0.984. The molecular weight excluding hydrogens is 329 g/mol. The summed E-state index contributed by atoms with van der Waals surface area (Å²) in [4.78, 5) is 17.1. The number of rotatable bonds is 7. The van der Waals surface area contributed by atoms with Crippen molar-refractivity contribution >= 4 is 11.6 Å². The number of piperazine rings is 1. The fourth-order valence-corrected chi connectivity index (χ4v) is 3.97. The highest BCUT2D eigenvalue weighted by Crippen LogP contribution is 2.38. The van der Waals surface area contributed by atoms with E-state index in [4.69, 9.17) is 0 Å². The molecule has 4 nitrogen and oxygen atoms in total. The molecule has 1 amide bonds. The first-order chi connectivity index (χ1) is 12.5. The van der Waals surface area contributed by atoms with Crippen LogP contribution < -0.4 is 10.2 Å². The lowest BCUT2D eigenvalue weighted by Gasteiger charge is -2.37. The first kappa shape index (κ1) is 19.2. The fraction of sp³-hybridized carbons (Fsp3) is 0.667. The number of nitrogens with one attached hydrogen (secondary N) is 1. The van der Waals surface area contributed by atoms with Gasteiger partial charge in [0.05, 0.1) is 6.04 Å².